The molecule has 0 heteroatoms. The molecule has 0 spiro atoms. The van der Waals surface area contributed by atoms with Gasteiger partial charge >= 0.3 is 0 Å². The van der Waals surface area contributed by atoms with Crippen LogP contribution in [0.2, 0.25) is 0 Å². The van der Waals surface area contributed by atoms with E-state index in [9.17, 15) is 0 Å². The second kappa shape index (κ2) is 4.64. The third-order valence-electron chi connectivity index (χ3n) is 2.27. The molecule has 0 amide bonds. The normalized spacial score (nSPS) is 21.7. The van der Waals surface area contributed by atoms with Crippen molar-refractivity contribution < 1.29 is 0 Å². The molecule has 0 saturated heterocycles. The Morgan fingerprint density at radius 3 is 2.46 bits per heavy atom. The summed E-state index contributed by atoms with van der Waals surface area (Å²) in [5.74, 6) is 2.14. The third-order valence-corrected chi connectivity index (χ3v) is 2.27. The Bertz CT molecular complexity index is 206. The highest BCUT2D eigenvalue weighted by Crippen LogP contribution is 2.25. The number of hydrogen-bond donors (Lipinski definition) is 0. The lowest BCUT2D eigenvalue weighted by molar-refractivity contribution is 0.527. The highest BCUT2D eigenvalue weighted by atomic mass is 14.2. The zero-order chi connectivity index (χ0) is 9.84. The maximum atomic E-state index is 3.43. The molecule has 0 saturated carbocycles. The fourth-order valence-electron chi connectivity index (χ4n) is 1.81. The van der Waals surface area contributed by atoms with Crippen LogP contribution < -0.4 is 0 Å². The van der Waals surface area contributed by atoms with Crippen molar-refractivity contribution in [1.82, 2.24) is 0 Å². The lowest BCUT2D eigenvalue weighted by atomic mass is 9.97. The van der Waals surface area contributed by atoms with Crippen LogP contribution in [0.4, 0.5) is 0 Å². The average molecular weight is 177 g/mol. The van der Waals surface area contributed by atoms with Gasteiger partial charge in [0.1, 0.15) is 0 Å². The number of hydrogen-bond acceptors (Lipinski definition) is 0. The Morgan fingerprint density at radius 1 is 1.23 bits per heavy atom. The van der Waals surface area contributed by atoms with Crippen LogP contribution in [0, 0.1) is 23.8 Å². The monoisotopic (exact) mass is 177 g/mol. The van der Waals surface area contributed by atoms with Gasteiger partial charge in [0, 0.05) is 5.92 Å². The van der Waals surface area contributed by atoms with Crippen molar-refractivity contribution in [2.45, 2.75) is 40.5 Å². The van der Waals surface area contributed by atoms with E-state index in [0.29, 0.717) is 5.92 Å². The van der Waals surface area contributed by atoms with Crippen LogP contribution in [0.5, 0.6) is 0 Å². The summed E-state index contributed by atoms with van der Waals surface area (Å²) < 4.78 is 0. The first kappa shape index (κ1) is 10.6. The van der Waals surface area contributed by atoms with E-state index >= 15 is 0 Å². The van der Waals surface area contributed by atoms with Crippen molar-refractivity contribution in [3.05, 3.63) is 23.8 Å². The van der Waals surface area contributed by atoms with Crippen LogP contribution >= 0.6 is 0 Å². The van der Waals surface area contributed by atoms with Crippen LogP contribution in [-0.2, 0) is 0 Å². The topological polar surface area (TPSA) is 0 Å². The summed E-state index contributed by atoms with van der Waals surface area (Å²) >= 11 is 0. The van der Waals surface area contributed by atoms with E-state index < -0.39 is 0 Å². The van der Waals surface area contributed by atoms with Crippen molar-refractivity contribution in [3.8, 4) is 0 Å². The molecule has 73 valence electrons. The molecule has 0 heterocycles. The highest BCUT2D eigenvalue weighted by Gasteiger charge is 2.12. The minimum atomic E-state index is 0.591. The van der Waals surface area contributed by atoms with E-state index in [1.807, 2.05) is 0 Å². The summed E-state index contributed by atoms with van der Waals surface area (Å²) in [6.07, 6.45) is 10.5. The van der Waals surface area contributed by atoms with Gasteiger partial charge in [-0.25, -0.2) is 0 Å². The Morgan fingerprint density at radius 2 is 1.92 bits per heavy atom. The molecule has 0 N–H and O–H groups in total. The van der Waals surface area contributed by atoms with E-state index in [4.69, 9.17) is 0 Å². The molecule has 0 aromatic heterocycles. The quantitative estimate of drug-likeness (QED) is 0.609. The summed E-state index contributed by atoms with van der Waals surface area (Å²) in [4.78, 5) is 0. The first-order chi connectivity index (χ1) is 6.08. The summed E-state index contributed by atoms with van der Waals surface area (Å²) in [5.41, 5.74) is 1.49. The van der Waals surface area contributed by atoms with Crippen LogP contribution in [0.1, 0.15) is 40.5 Å². The molecule has 0 aliphatic heterocycles. The van der Waals surface area contributed by atoms with Crippen LogP contribution in [0.3, 0.4) is 0 Å². The fraction of sp³-hybridized carbons (Fsp3) is 0.692. The lowest BCUT2D eigenvalue weighted by Gasteiger charge is -2.07. The summed E-state index contributed by atoms with van der Waals surface area (Å²) in [5, 5.41) is 0. The minimum Gasteiger partial charge on any atom is -0.0737 e. The molecule has 1 atom stereocenters. The molecule has 1 aliphatic rings. The predicted octanol–water partition coefficient (Wildman–Crippen LogP) is 3.99. The van der Waals surface area contributed by atoms with E-state index in [2.05, 4.69) is 45.9 Å². The summed E-state index contributed by atoms with van der Waals surface area (Å²) in [7, 11) is 0. The van der Waals surface area contributed by atoms with E-state index in [0.717, 1.165) is 11.8 Å². The Balaban J connectivity index is 2.41. The maximum Gasteiger partial charge on any atom is 0.00292 e. The minimum absolute atomic E-state index is 0.591. The van der Waals surface area contributed by atoms with Gasteiger partial charge in [-0.2, -0.15) is 0 Å². The molecule has 0 bridgehead atoms. The second-order valence-electron chi connectivity index (χ2n) is 4.89. The van der Waals surface area contributed by atoms with E-state index in [1.165, 1.54) is 18.4 Å². The largest absolute Gasteiger partial charge is 0.0737 e. The predicted molar refractivity (Wildman–Crippen MR) is 58.3 cm³/mol. The highest BCUT2D eigenvalue weighted by molar-refractivity contribution is 5.26. The molecule has 0 fully saturated rings. The van der Waals surface area contributed by atoms with Gasteiger partial charge in [0.05, 0.1) is 0 Å². The van der Waals surface area contributed by atoms with Crippen molar-refractivity contribution in [3.63, 3.8) is 0 Å². The van der Waals surface area contributed by atoms with Crippen LogP contribution in [0.15, 0.2) is 17.7 Å². The zero-order valence-electron chi connectivity index (χ0n) is 9.30. The number of allylic oxidation sites excluding steroid dienone is 4. The molecule has 1 radical (unpaired) electrons. The van der Waals surface area contributed by atoms with E-state index in [-0.39, 0.29) is 0 Å². The fourth-order valence-corrected chi connectivity index (χ4v) is 1.81. The van der Waals surface area contributed by atoms with Crippen molar-refractivity contribution in [2.75, 3.05) is 0 Å². The molecule has 1 unspecified atom stereocenters. The zero-order valence-corrected chi connectivity index (χ0v) is 9.30. The summed E-state index contributed by atoms with van der Waals surface area (Å²) in [6, 6.07) is 0. The first-order valence-electron chi connectivity index (χ1n) is 5.38. The SMILES string of the molecule is CC(C)CC1=CC(CC(C)C)[C]=C1. The standard InChI is InChI=1S/C13H21/c1-10(2)7-12-5-6-13(9-12)8-11(3)4/h5,9-11,13H,7-8H2,1-4H3. The van der Waals surface area contributed by atoms with Gasteiger partial charge in [-0.3, -0.25) is 0 Å². The Labute approximate surface area is 82.7 Å². The van der Waals surface area contributed by atoms with Gasteiger partial charge in [0.15, 0.2) is 0 Å². The van der Waals surface area contributed by atoms with Gasteiger partial charge in [0.2, 0.25) is 0 Å². The van der Waals surface area contributed by atoms with Gasteiger partial charge < -0.3 is 0 Å². The second-order valence-corrected chi connectivity index (χ2v) is 4.89. The van der Waals surface area contributed by atoms with E-state index in [1.54, 1.807) is 0 Å². The molecule has 1 rings (SSSR count). The Hall–Kier alpha value is -0.520. The van der Waals surface area contributed by atoms with Crippen molar-refractivity contribution in [1.29, 1.82) is 0 Å². The first-order valence-corrected chi connectivity index (χ1v) is 5.38. The lowest BCUT2D eigenvalue weighted by Crippen LogP contribution is -1.96. The molecular weight excluding hydrogens is 156 g/mol. The third kappa shape index (κ3) is 3.80. The number of rotatable bonds is 4. The molecule has 1 aliphatic carbocycles. The van der Waals surface area contributed by atoms with Gasteiger partial charge in [0.25, 0.3) is 0 Å². The maximum absolute atomic E-state index is 3.43. The Kier molecular flexibility index (Phi) is 3.77. The molecule has 13 heavy (non-hydrogen) atoms. The van der Waals surface area contributed by atoms with Crippen molar-refractivity contribution >= 4 is 0 Å². The molecular formula is C13H21. The molecule has 0 aromatic carbocycles. The van der Waals surface area contributed by atoms with Crippen LogP contribution in [-0.4, -0.2) is 0 Å². The average Bonchev–Trinajstić information content (AvgIpc) is 2.33. The molecule has 0 aromatic rings. The van der Waals surface area contributed by atoms with Crippen LogP contribution in [0.25, 0.3) is 0 Å². The summed E-state index contributed by atoms with van der Waals surface area (Å²) in [6.45, 7) is 9.08. The van der Waals surface area contributed by atoms with Crippen molar-refractivity contribution in [2.24, 2.45) is 17.8 Å². The van der Waals surface area contributed by atoms with Gasteiger partial charge in [-0.1, -0.05) is 45.4 Å². The van der Waals surface area contributed by atoms with Gasteiger partial charge in [-0.15, -0.1) is 0 Å². The van der Waals surface area contributed by atoms with Gasteiger partial charge in [-0.05, 0) is 30.8 Å². The smallest absolute Gasteiger partial charge is 0.00292 e. The molecule has 0 nitrogen and oxygen atoms in total.